The average Bonchev–Trinajstić information content (AvgIpc) is 3.10. The highest BCUT2D eigenvalue weighted by atomic mass is 16.5. The molecule has 1 N–H and O–H groups in total. The maximum atomic E-state index is 12.9. The Bertz CT molecular complexity index is 1150. The molecule has 0 unspecified atom stereocenters. The van der Waals surface area contributed by atoms with Crippen LogP contribution in [0.1, 0.15) is 48.1 Å². The summed E-state index contributed by atoms with van der Waals surface area (Å²) in [6.45, 7) is 2.54. The first-order valence-electron chi connectivity index (χ1n) is 10.9. The van der Waals surface area contributed by atoms with E-state index in [9.17, 15) is 9.59 Å². The zero-order valence-electron chi connectivity index (χ0n) is 18.7. The van der Waals surface area contributed by atoms with E-state index in [1.54, 1.807) is 19.1 Å². The van der Waals surface area contributed by atoms with Crippen LogP contribution in [0.3, 0.4) is 0 Å². The van der Waals surface area contributed by atoms with Gasteiger partial charge in [-0.3, -0.25) is 9.59 Å². The fraction of sp³-hybridized carbons (Fsp3) is 0.308. The number of carbonyl (C=O) groups excluding carboxylic acids is 2. The molecule has 6 nitrogen and oxygen atoms in total. The van der Waals surface area contributed by atoms with Crippen LogP contribution in [0.5, 0.6) is 11.5 Å². The molecule has 4 rings (SSSR count). The van der Waals surface area contributed by atoms with Crippen molar-refractivity contribution < 1.29 is 19.1 Å². The SMILES string of the molecule is CC[C@@H](NC(=O)CCCN1C(=O)c2cccc3cccc1c23)c1ccc(OC)c(OC)c1. The molecule has 0 aromatic heterocycles. The van der Waals surface area contributed by atoms with Crippen LogP contribution in [0.2, 0.25) is 0 Å². The number of amides is 2. The summed E-state index contributed by atoms with van der Waals surface area (Å²) < 4.78 is 10.7. The van der Waals surface area contributed by atoms with E-state index in [1.165, 1.54) is 0 Å². The Morgan fingerprint density at radius 2 is 1.78 bits per heavy atom. The lowest BCUT2D eigenvalue weighted by Gasteiger charge is -2.20. The molecule has 0 saturated heterocycles. The number of benzene rings is 3. The standard InChI is InChI=1S/C26H28N2O4/c1-4-20(18-13-14-22(31-2)23(16-18)32-3)27-24(29)12-7-15-28-21-11-6-9-17-8-5-10-19(25(17)21)26(28)30/h5-6,8-11,13-14,16,20H,4,7,12,15H2,1-3H3,(H,27,29)/t20-/m1/s1. The summed E-state index contributed by atoms with van der Waals surface area (Å²) in [6, 6.07) is 17.3. The highest BCUT2D eigenvalue weighted by molar-refractivity contribution is 6.25. The van der Waals surface area contributed by atoms with Crippen molar-refractivity contribution in [3.63, 3.8) is 0 Å². The van der Waals surface area contributed by atoms with Gasteiger partial charge in [-0.05, 0) is 48.1 Å². The van der Waals surface area contributed by atoms with Gasteiger partial charge in [0.05, 0.1) is 25.9 Å². The molecule has 0 aliphatic carbocycles. The van der Waals surface area contributed by atoms with Crippen LogP contribution in [0.15, 0.2) is 54.6 Å². The van der Waals surface area contributed by atoms with Crippen molar-refractivity contribution in [2.75, 3.05) is 25.7 Å². The first-order valence-corrected chi connectivity index (χ1v) is 10.9. The van der Waals surface area contributed by atoms with Crippen LogP contribution in [-0.4, -0.2) is 32.6 Å². The van der Waals surface area contributed by atoms with Gasteiger partial charge in [0.2, 0.25) is 5.91 Å². The molecule has 1 aliphatic rings. The molecule has 0 fully saturated rings. The lowest BCUT2D eigenvalue weighted by atomic mass is 10.0. The number of carbonyl (C=O) groups is 2. The molecule has 1 heterocycles. The van der Waals surface area contributed by atoms with Gasteiger partial charge in [0.1, 0.15) is 0 Å². The van der Waals surface area contributed by atoms with Crippen molar-refractivity contribution in [3.05, 3.63) is 65.7 Å². The summed E-state index contributed by atoms with van der Waals surface area (Å²) in [6.07, 6.45) is 1.69. The number of ether oxygens (including phenoxy) is 2. The number of methoxy groups -OCH3 is 2. The molecule has 32 heavy (non-hydrogen) atoms. The summed E-state index contributed by atoms with van der Waals surface area (Å²) >= 11 is 0. The molecule has 1 atom stereocenters. The Kier molecular flexibility index (Phi) is 6.30. The van der Waals surface area contributed by atoms with Crippen molar-refractivity contribution in [1.29, 1.82) is 0 Å². The smallest absolute Gasteiger partial charge is 0.258 e. The highest BCUT2D eigenvalue weighted by Crippen LogP contribution is 2.37. The van der Waals surface area contributed by atoms with E-state index in [4.69, 9.17) is 9.47 Å². The monoisotopic (exact) mass is 432 g/mol. The second-order valence-electron chi connectivity index (χ2n) is 7.88. The molecule has 0 radical (unpaired) electrons. The molecular formula is C26H28N2O4. The average molecular weight is 433 g/mol. The number of hydrogen-bond donors (Lipinski definition) is 1. The summed E-state index contributed by atoms with van der Waals surface area (Å²) in [4.78, 5) is 27.3. The van der Waals surface area contributed by atoms with Gasteiger partial charge in [-0.1, -0.05) is 37.3 Å². The molecule has 0 spiro atoms. The summed E-state index contributed by atoms with van der Waals surface area (Å²) in [7, 11) is 3.19. The van der Waals surface area contributed by atoms with Crippen molar-refractivity contribution in [1.82, 2.24) is 5.32 Å². The quantitative estimate of drug-likeness (QED) is 0.524. The van der Waals surface area contributed by atoms with Crippen molar-refractivity contribution in [3.8, 4) is 11.5 Å². The number of nitrogens with zero attached hydrogens (tertiary/aromatic N) is 1. The Labute approximate surface area is 188 Å². The fourth-order valence-corrected chi connectivity index (χ4v) is 4.36. The molecule has 6 heteroatoms. The van der Waals surface area contributed by atoms with Gasteiger partial charge < -0.3 is 19.7 Å². The van der Waals surface area contributed by atoms with Crippen molar-refractivity contribution in [2.24, 2.45) is 0 Å². The van der Waals surface area contributed by atoms with E-state index in [0.717, 1.165) is 34.0 Å². The Morgan fingerprint density at radius 3 is 2.50 bits per heavy atom. The van der Waals surface area contributed by atoms with Crippen LogP contribution in [0.25, 0.3) is 10.8 Å². The minimum Gasteiger partial charge on any atom is -0.493 e. The maximum Gasteiger partial charge on any atom is 0.258 e. The third-order valence-corrected chi connectivity index (χ3v) is 5.99. The Balaban J connectivity index is 1.37. The summed E-state index contributed by atoms with van der Waals surface area (Å²) in [5, 5.41) is 5.17. The molecule has 0 bridgehead atoms. The van der Waals surface area contributed by atoms with Gasteiger partial charge in [0.15, 0.2) is 11.5 Å². The van der Waals surface area contributed by atoms with Crippen molar-refractivity contribution in [2.45, 2.75) is 32.2 Å². The third-order valence-electron chi connectivity index (χ3n) is 5.99. The van der Waals surface area contributed by atoms with E-state index < -0.39 is 0 Å². The van der Waals surface area contributed by atoms with Gasteiger partial charge in [-0.2, -0.15) is 0 Å². The van der Waals surface area contributed by atoms with Crippen molar-refractivity contribution >= 4 is 28.3 Å². The summed E-state index contributed by atoms with van der Waals surface area (Å²) in [5.74, 6) is 1.27. The first-order chi connectivity index (χ1) is 15.6. The molecular weight excluding hydrogens is 404 g/mol. The van der Waals surface area contributed by atoms with Gasteiger partial charge in [0.25, 0.3) is 5.91 Å². The molecule has 0 saturated carbocycles. The van der Waals surface area contributed by atoms with E-state index >= 15 is 0 Å². The number of nitrogens with one attached hydrogen (secondary N) is 1. The first kappa shape index (κ1) is 21.7. The zero-order valence-corrected chi connectivity index (χ0v) is 18.7. The van der Waals surface area contributed by atoms with Crippen LogP contribution < -0.4 is 19.7 Å². The van der Waals surface area contributed by atoms with Gasteiger partial charge in [-0.25, -0.2) is 0 Å². The Morgan fingerprint density at radius 1 is 1.03 bits per heavy atom. The second-order valence-corrected chi connectivity index (χ2v) is 7.88. The van der Waals surface area contributed by atoms with Gasteiger partial charge in [0, 0.05) is 23.9 Å². The maximum absolute atomic E-state index is 12.9. The minimum absolute atomic E-state index is 0.00831. The van der Waals surface area contributed by atoms with Gasteiger partial charge >= 0.3 is 0 Å². The molecule has 3 aromatic carbocycles. The van der Waals surface area contributed by atoms with E-state index in [2.05, 4.69) is 5.32 Å². The fourth-order valence-electron chi connectivity index (χ4n) is 4.36. The molecule has 1 aliphatic heterocycles. The van der Waals surface area contributed by atoms with Crippen LogP contribution in [-0.2, 0) is 4.79 Å². The molecule has 166 valence electrons. The Hall–Kier alpha value is -3.54. The lowest BCUT2D eigenvalue weighted by molar-refractivity contribution is -0.121. The van der Waals surface area contributed by atoms with E-state index in [0.29, 0.717) is 30.9 Å². The lowest BCUT2D eigenvalue weighted by Crippen LogP contribution is -2.31. The predicted molar refractivity (Wildman–Crippen MR) is 126 cm³/mol. The molecule has 2 amide bonds. The highest BCUT2D eigenvalue weighted by Gasteiger charge is 2.29. The van der Waals surface area contributed by atoms with Gasteiger partial charge in [-0.15, -0.1) is 0 Å². The topological polar surface area (TPSA) is 67.9 Å². The van der Waals surface area contributed by atoms with Crippen LogP contribution in [0.4, 0.5) is 5.69 Å². The van der Waals surface area contributed by atoms with Crippen LogP contribution >= 0.6 is 0 Å². The number of hydrogen-bond acceptors (Lipinski definition) is 4. The predicted octanol–water partition coefficient (Wildman–Crippen LogP) is 4.86. The largest absolute Gasteiger partial charge is 0.493 e. The zero-order chi connectivity index (χ0) is 22.7. The third kappa shape index (κ3) is 4.00. The van der Waals surface area contributed by atoms with E-state index in [-0.39, 0.29) is 17.9 Å². The minimum atomic E-state index is -0.117. The van der Waals surface area contributed by atoms with Crippen LogP contribution in [0, 0.1) is 0 Å². The second kappa shape index (κ2) is 9.30. The summed E-state index contributed by atoms with van der Waals surface area (Å²) in [5.41, 5.74) is 2.64. The normalized spacial score (nSPS) is 13.3. The van der Waals surface area contributed by atoms with E-state index in [1.807, 2.05) is 61.5 Å². The molecule has 3 aromatic rings. The number of rotatable bonds is 9. The number of anilines is 1.